The molecule has 0 atom stereocenters. The summed E-state index contributed by atoms with van der Waals surface area (Å²) in [5.41, 5.74) is 0. The molecule has 5 nitrogen and oxygen atoms in total. The highest BCUT2D eigenvalue weighted by atomic mass is 32.2. The summed E-state index contributed by atoms with van der Waals surface area (Å²) >= 11 is 0. The average Bonchev–Trinajstić information content (AvgIpc) is 1.78. The fourth-order valence-corrected chi connectivity index (χ4v) is 0.325. The van der Waals surface area contributed by atoms with Gasteiger partial charge in [-0.15, -0.1) is 0 Å². The molecule has 0 radical (unpaired) electrons. The molecule has 72 valence electrons. The Morgan fingerprint density at radius 3 is 2.00 bits per heavy atom. The van der Waals surface area contributed by atoms with Gasteiger partial charge in [0, 0.05) is 0 Å². The number of hydrogen-bond donors (Lipinski definition) is 0. The second-order valence-electron chi connectivity index (χ2n) is 1.64. The van der Waals surface area contributed by atoms with E-state index in [4.69, 9.17) is 0 Å². The monoisotopic (exact) mass is 208 g/mol. The zero-order valence-corrected chi connectivity index (χ0v) is 6.40. The molecule has 9 heteroatoms. The standard InChI is InChI=1S/C3H3F3O5S/c1-12(8,9)11-10-2(7)3(4,5)6/h1H3. The fourth-order valence-electron chi connectivity index (χ4n) is 0.140. The maximum absolute atomic E-state index is 11.3. The molecule has 0 aliphatic rings. The van der Waals surface area contributed by atoms with Crippen molar-refractivity contribution >= 4 is 16.1 Å². The number of rotatable bonds is 2. The van der Waals surface area contributed by atoms with Crippen molar-refractivity contribution < 1.29 is 35.6 Å². The van der Waals surface area contributed by atoms with Crippen molar-refractivity contribution in [3.8, 4) is 0 Å². The van der Waals surface area contributed by atoms with Crippen LogP contribution < -0.4 is 0 Å². The molecule has 0 aromatic heterocycles. The minimum atomic E-state index is -5.27. The van der Waals surface area contributed by atoms with Crippen molar-refractivity contribution in [2.24, 2.45) is 0 Å². The molecule has 0 rings (SSSR count). The normalized spacial score (nSPS) is 12.7. The van der Waals surface area contributed by atoms with Crippen LogP contribution in [-0.2, 0) is 24.1 Å². The Morgan fingerprint density at radius 2 is 1.75 bits per heavy atom. The molecule has 0 heterocycles. The average molecular weight is 208 g/mol. The zero-order chi connectivity index (χ0) is 9.99. The lowest BCUT2D eigenvalue weighted by molar-refractivity contribution is -0.255. The first-order valence-corrected chi connectivity index (χ1v) is 4.12. The lowest BCUT2D eigenvalue weighted by Crippen LogP contribution is -2.26. The quantitative estimate of drug-likeness (QED) is 0.471. The van der Waals surface area contributed by atoms with Gasteiger partial charge in [0.05, 0.1) is 6.26 Å². The molecule has 0 saturated carbocycles. The number of hydrogen-bond acceptors (Lipinski definition) is 5. The number of carbonyl (C=O) groups excluding carboxylic acids is 1. The molecule has 0 aromatic rings. The predicted octanol–water partition coefficient (Wildman–Crippen LogP) is -0.0169. The van der Waals surface area contributed by atoms with Crippen LogP contribution in [0.2, 0.25) is 0 Å². The molecule has 0 N–H and O–H groups in total. The molecule has 0 bridgehead atoms. The Morgan fingerprint density at radius 1 is 1.33 bits per heavy atom. The van der Waals surface area contributed by atoms with Gasteiger partial charge in [0.15, 0.2) is 0 Å². The summed E-state index contributed by atoms with van der Waals surface area (Å²) < 4.78 is 56.9. The molecule has 0 amide bonds. The van der Waals surface area contributed by atoms with Gasteiger partial charge >= 0.3 is 12.1 Å². The Kier molecular flexibility index (Phi) is 3.04. The summed E-state index contributed by atoms with van der Waals surface area (Å²) in [6.07, 6.45) is -4.85. The van der Waals surface area contributed by atoms with E-state index < -0.39 is 22.3 Å². The summed E-state index contributed by atoms with van der Waals surface area (Å²) in [6, 6.07) is 0. The van der Waals surface area contributed by atoms with E-state index in [2.05, 4.69) is 9.22 Å². The van der Waals surface area contributed by atoms with E-state index in [1.54, 1.807) is 0 Å². The van der Waals surface area contributed by atoms with Crippen LogP contribution in [0, 0.1) is 0 Å². The van der Waals surface area contributed by atoms with E-state index in [1.165, 1.54) is 0 Å². The first-order valence-electron chi connectivity index (χ1n) is 2.30. The van der Waals surface area contributed by atoms with Gasteiger partial charge in [0.2, 0.25) is 0 Å². The van der Waals surface area contributed by atoms with Crippen LogP contribution in [0.15, 0.2) is 0 Å². The number of halogens is 3. The Hall–Kier alpha value is -0.830. The van der Waals surface area contributed by atoms with Gasteiger partial charge in [-0.1, -0.05) is 4.33 Å². The highest BCUT2D eigenvalue weighted by Gasteiger charge is 2.42. The molecular weight excluding hydrogens is 205 g/mol. The lowest BCUT2D eigenvalue weighted by atomic mass is 10.7. The summed E-state index contributed by atoms with van der Waals surface area (Å²) in [5, 5.41) is 0. The zero-order valence-electron chi connectivity index (χ0n) is 5.58. The van der Waals surface area contributed by atoms with Crippen LogP contribution in [0.1, 0.15) is 0 Å². The highest BCUT2D eigenvalue weighted by molar-refractivity contribution is 7.85. The number of alkyl halides is 3. The Bertz CT molecular complexity index is 264. The highest BCUT2D eigenvalue weighted by Crippen LogP contribution is 2.16. The van der Waals surface area contributed by atoms with Gasteiger partial charge in [-0.05, 0) is 0 Å². The van der Waals surface area contributed by atoms with E-state index in [9.17, 15) is 26.4 Å². The van der Waals surface area contributed by atoms with Gasteiger partial charge in [-0.3, -0.25) is 4.89 Å². The lowest BCUT2D eigenvalue weighted by Gasteiger charge is -2.02. The van der Waals surface area contributed by atoms with Gasteiger partial charge in [0.25, 0.3) is 10.1 Å². The fraction of sp³-hybridized carbons (Fsp3) is 0.667. The van der Waals surface area contributed by atoms with E-state index in [-0.39, 0.29) is 0 Å². The van der Waals surface area contributed by atoms with Crippen LogP contribution in [-0.4, -0.2) is 26.8 Å². The van der Waals surface area contributed by atoms with Crippen molar-refractivity contribution in [2.45, 2.75) is 6.18 Å². The van der Waals surface area contributed by atoms with Crippen molar-refractivity contribution in [3.05, 3.63) is 0 Å². The first-order chi connectivity index (χ1) is 5.13. The molecular formula is C3H3F3O5S. The maximum Gasteiger partial charge on any atom is 0.494 e. The minimum Gasteiger partial charge on any atom is -0.271 e. The molecule has 0 spiro atoms. The molecule has 0 aliphatic heterocycles. The van der Waals surface area contributed by atoms with Crippen LogP contribution >= 0.6 is 0 Å². The molecule has 0 aromatic carbocycles. The van der Waals surface area contributed by atoms with Crippen molar-refractivity contribution in [3.63, 3.8) is 0 Å². The molecule has 0 saturated heterocycles. The Labute approximate surface area is 65.1 Å². The Balaban J connectivity index is 4.07. The van der Waals surface area contributed by atoms with E-state index in [0.717, 1.165) is 0 Å². The van der Waals surface area contributed by atoms with Crippen LogP contribution in [0.4, 0.5) is 13.2 Å². The van der Waals surface area contributed by atoms with Crippen LogP contribution in [0.5, 0.6) is 0 Å². The second-order valence-corrected chi connectivity index (χ2v) is 3.19. The third kappa shape index (κ3) is 4.91. The van der Waals surface area contributed by atoms with Gasteiger partial charge < -0.3 is 0 Å². The summed E-state index contributed by atoms with van der Waals surface area (Å²) in [5.74, 6) is -2.73. The van der Waals surface area contributed by atoms with Crippen molar-refractivity contribution in [1.82, 2.24) is 0 Å². The van der Waals surface area contributed by atoms with Crippen LogP contribution in [0.3, 0.4) is 0 Å². The van der Waals surface area contributed by atoms with E-state index in [1.807, 2.05) is 0 Å². The first kappa shape index (κ1) is 11.2. The van der Waals surface area contributed by atoms with Crippen LogP contribution in [0.25, 0.3) is 0 Å². The van der Waals surface area contributed by atoms with Gasteiger partial charge in [-0.2, -0.15) is 21.6 Å². The SMILES string of the molecule is CS(=O)(=O)OOC(=O)C(F)(F)F. The smallest absolute Gasteiger partial charge is 0.271 e. The predicted molar refractivity (Wildman–Crippen MR) is 28.1 cm³/mol. The van der Waals surface area contributed by atoms with E-state index >= 15 is 0 Å². The largest absolute Gasteiger partial charge is 0.494 e. The van der Waals surface area contributed by atoms with E-state index in [0.29, 0.717) is 6.26 Å². The molecule has 12 heavy (non-hydrogen) atoms. The third-order valence-corrected chi connectivity index (χ3v) is 0.780. The molecule has 0 aliphatic carbocycles. The third-order valence-electron chi connectivity index (χ3n) is 0.465. The molecule has 0 fully saturated rings. The summed E-state index contributed by atoms with van der Waals surface area (Å²) in [4.78, 5) is 12.7. The minimum absolute atomic E-state index is 0.427. The number of carbonyl (C=O) groups is 1. The maximum atomic E-state index is 11.3. The summed E-state index contributed by atoms with van der Waals surface area (Å²) in [7, 11) is -4.22. The van der Waals surface area contributed by atoms with Gasteiger partial charge in [-0.25, -0.2) is 4.79 Å². The van der Waals surface area contributed by atoms with Gasteiger partial charge in [0.1, 0.15) is 0 Å². The topological polar surface area (TPSA) is 69.7 Å². The summed E-state index contributed by atoms with van der Waals surface area (Å²) in [6.45, 7) is 0. The second kappa shape index (κ2) is 3.27. The van der Waals surface area contributed by atoms with Crippen molar-refractivity contribution in [2.75, 3.05) is 6.26 Å². The molecule has 0 unspecified atom stereocenters. The van der Waals surface area contributed by atoms with Crippen molar-refractivity contribution in [1.29, 1.82) is 0 Å².